The number of methoxy groups -OCH3 is 1. The number of nitrogens with two attached hydrogens (primary N) is 1. The van der Waals surface area contributed by atoms with E-state index in [1.54, 1.807) is 24.3 Å². The molecule has 0 aromatic heterocycles. The normalized spacial score (nSPS) is 10.4. The standard InChI is InChI=1S/C15H15ClFNO2/c1-19-12-6-5-11(14(17)7-12)9-20-15-10(8-18)3-2-4-13(15)16/h2-7H,8-9,18H2,1H3. The molecule has 2 N–H and O–H groups in total. The SMILES string of the molecule is COc1ccc(COc2c(Cl)cccc2CN)c(F)c1. The van der Waals surface area contributed by atoms with E-state index in [0.717, 1.165) is 5.56 Å². The Hall–Kier alpha value is -1.78. The van der Waals surface area contributed by atoms with Gasteiger partial charge in [-0.25, -0.2) is 4.39 Å². The van der Waals surface area contributed by atoms with Crippen LogP contribution in [0.2, 0.25) is 5.02 Å². The zero-order valence-electron chi connectivity index (χ0n) is 11.0. The fourth-order valence-electron chi connectivity index (χ4n) is 1.80. The van der Waals surface area contributed by atoms with E-state index in [1.165, 1.54) is 13.2 Å². The van der Waals surface area contributed by atoms with Crippen molar-refractivity contribution in [3.8, 4) is 11.5 Å². The van der Waals surface area contributed by atoms with Gasteiger partial charge in [0.25, 0.3) is 0 Å². The summed E-state index contributed by atoms with van der Waals surface area (Å²) in [5.74, 6) is 0.573. The van der Waals surface area contributed by atoms with E-state index in [1.807, 2.05) is 6.07 Å². The smallest absolute Gasteiger partial charge is 0.142 e. The summed E-state index contributed by atoms with van der Waals surface area (Å²) in [6, 6.07) is 9.94. The van der Waals surface area contributed by atoms with Crippen LogP contribution in [-0.4, -0.2) is 7.11 Å². The molecular weight excluding hydrogens is 281 g/mol. The third-order valence-electron chi connectivity index (χ3n) is 2.90. The van der Waals surface area contributed by atoms with Crippen LogP contribution < -0.4 is 15.2 Å². The molecule has 0 aliphatic heterocycles. The van der Waals surface area contributed by atoms with E-state index < -0.39 is 0 Å². The Morgan fingerprint density at radius 1 is 1.20 bits per heavy atom. The van der Waals surface area contributed by atoms with Crippen molar-refractivity contribution >= 4 is 11.6 Å². The van der Waals surface area contributed by atoms with Crippen LogP contribution in [0.25, 0.3) is 0 Å². The van der Waals surface area contributed by atoms with Crippen LogP contribution in [0.1, 0.15) is 11.1 Å². The van der Waals surface area contributed by atoms with Crippen molar-refractivity contribution in [3.63, 3.8) is 0 Å². The van der Waals surface area contributed by atoms with Crippen molar-refractivity contribution in [1.82, 2.24) is 0 Å². The predicted molar refractivity (Wildman–Crippen MR) is 76.6 cm³/mol. The van der Waals surface area contributed by atoms with E-state index in [2.05, 4.69) is 0 Å². The Bertz CT molecular complexity index is 604. The molecular formula is C15H15ClFNO2. The number of rotatable bonds is 5. The van der Waals surface area contributed by atoms with Gasteiger partial charge >= 0.3 is 0 Å². The van der Waals surface area contributed by atoms with Gasteiger partial charge in [-0.15, -0.1) is 0 Å². The molecule has 0 heterocycles. The molecule has 0 aliphatic carbocycles. The zero-order chi connectivity index (χ0) is 14.5. The Morgan fingerprint density at radius 2 is 2.00 bits per heavy atom. The van der Waals surface area contributed by atoms with Crippen LogP contribution in [0.15, 0.2) is 36.4 Å². The predicted octanol–water partition coefficient (Wildman–Crippen LogP) is 3.53. The molecule has 2 aromatic rings. The van der Waals surface area contributed by atoms with Gasteiger partial charge in [-0.2, -0.15) is 0 Å². The first-order chi connectivity index (χ1) is 9.65. The minimum absolute atomic E-state index is 0.0760. The van der Waals surface area contributed by atoms with E-state index in [0.29, 0.717) is 28.6 Å². The second kappa shape index (κ2) is 6.59. The van der Waals surface area contributed by atoms with Crippen molar-refractivity contribution < 1.29 is 13.9 Å². The largest absolute Gasteiger partial charge is 0.497 e. The highest BCUT2D eigenvalue weighted by molar-refractivity contribution is 6.32. The average Bonchev–Trinajstić information content (AvgIpc) is 2.46. The van der Waals surface area contributed by atoms with Gasteiger partial charge in [0.2, 0.25) is 0 Å². The number of hydrogen-bond donors (Lipinski definition) is 1. The fraction of sp³-hybridized carbons (Fsp3) is 0.200. The number of ether oxygens (including phenoxy) is 2. The first-order valence-electron chi connectivity index (χ1n) is 6.08. The van der Waals surface area contributed by atoms with Crippen LogP contribution in [0, 0.1) is 5.82 Å². The lowest BCUT2D eigenvalue weighted by Gasteiger charge is -2.13. The molecule has 20 heavy (non-hydrogen) atoms. The van der Waals surface area contributed by atoms with E-state index >= 15 is 0 Å². The summed E-state index contributed by atoms with van der Waals surface area (Å²) < 4.78 is 24.4. The van der Waals surface area contributed by atoms with E-state index in [9.17, 15) is 4.39 Å². The molecule has 0 saturated carbocycles. The van der Waals surface area contributed by atoms with Crippen LogP contribution in [0.4, 0.5) is 4.39 Å². The lowest BCUT2D eigenvalue weighted by Crippen LogP contribution is -2.04. The van der Waals surface area contributed by atoms with Gasteiger partial charge in [-0.3, -0.25) is 0 Å². The Morgan fingerprint density at radius 3 is 2.65 bits per heavy atom. The number of para-hydroxylation sites is 1. The van der Waals surface area contributed by atoms with Gasteiger partial charge in [0.15, 0.2) is 0 Å². The monoisotopic (exact) mass is 295 g/mol. The maximum absolute atomic E-state index is 13.8. The number of halogens is 2. The molecule has 0 unspecified atom stereocenters. The zero-order valence-corrected chi connectivity index (χ0v) is 11.8. The summed E-state index contributed by atoms with van der Waals surface area (Å²) in [6.45, 7) is 0.382. The van der Waals surface area contributed by atoms with Crippen molar-refractivity contribution in [1.29, 1.82) is 0 Å². The van der Waals surface area contributed by atoms with Gasteiger partial charge in [0.05, 0.1) is 12.1 Å². The molecule has 2 aromatic carbocycles. The number of benzene rings is 2. The first kappa shape index (κ1) is 14.6. The summed E-state index contributed by atoms with van der Waals surface area (Å²) in [7, 11) is 1.49. The van der Waals surface area contributed by atoms with Crippen molar-refractivity contribution in [2.45, 2.75) is 13.2 Å². The molecule has 0 amide bonds. The molecule has 0 spiro atoms. The highest BCUT2D eigenvalue weighted by atomic mass is 35.5. The molecule has 3 nitrogen and oxygen atoms in total. The molecule has 0 aliphatic rings. The molecule has 5 heteroatoms. The second-order valence-electron chi connectivity index (χ2n) is 4.18. The summed E-state index contributed by atoms with van der Waals surface area (Å²) >= 11 is 6.07. The Balaban J connectivity index is 2.17. The fourth-order valence-corrected chi connectivity index (χ4v) is 2.05. The van der Waals surface area contributed by atoms with Crippen LogP contribution in [0.5, 0.6) is 11.5 Å². The summed E-state index contributed by atoms with van der Waals surface area (Å²) in [5.41, 5.74) is 6.84. The average molecular weight is 296 g/mol. The maximum Gasteiger partial charge on any atom is 0.142 e. The third-order valence-corrected chi connectivity index (χ3v) is 3.20. The first-order valence-corrected chi connectivity index (χ1v) is 6.46. The van der Waals surface area contributed by atoms with E-state index in [-0.39, 0.29) is 12.4 Å². The van der Waals surface area contributed by atoms with Crippen molar-refractivity contribution in [2.75, 3.05) is 7.11 Å². The lowest BCUT2D eigenvalue weighted by atomic mass is 10.2. The summed E-state index contributed by atoms with van der Waals surface area (Å²) in [6.07, 6.45) is 0. The molecule has 0 bridgehead atoms. The Kier molecular flexibility index (Phi) is 4.82. The molecule has 0 radical (unpaired) electrons. The molecule has 106 valence electrons. The van der Waals surface area contributed by atoms with Crippen LogP contribution in [-0.2, 0) is 13.2 Å². The topological polar surface area (TPSA) is 44.5 Å². The lowest BCUT2D eigenvalue weighted by molar-refractivity contribution is 0.296. The molecule has 0 atom stereocenters. The molecule has 0 fully saturated rings. The van der Waals surface area contributed by atoms with E-state index in [4.69, 9.17) is 26.8 Å². The Labute approximate surface area is 122 Å². The maximum atomic E-state index is 13.8. The minimum atomic E-state index is -0.384. The minimum Gasteiger partial charge on any atom is -0.497 e. The van der Waals surface area contributed by atoms with Gasteiger partial charge < -0.3 is 15.2 Å². The van der Waals surface area contributed by atoms with Crippen molar-refractivity contribution in [3.05, 3.63) is 58.4 Å². The van der Waals surface area contributed by atoms with Gasteiger partial charge in [-0.05, 0) is 18.2 Å². The highest BCUT2D eigenvalue weighted by Crippen LogP contribution is 2.29. The van der Waals surface area contributed by atoms with Crippen LogP contribution >= 0.6 is 11.6 Å². The third kappa shape index (κ3) is 3.21. The molecule has 2 rings (SSSR count). The van der Waals surface area contributed by atoms with Gasteiger partial charge in [-0.1, -0.05) is 23.7 Å². The van der Waals surface area contributed by atoms with Crippen molar-refractivity contribution in [2.24, 2.45) is 5.73 Å². The van der Waals surface area contributed by atoms with Crippen LogP contribution in [0.3, 0.4) is 0 Å². The number of hydrogen-bond acceptors (Lipinski definition) is 3. The molecule has 0 saturated heterocycles. The summed E-state index contributed by atoms with van der Waals surface area (Å²) in [5, 5.41) is 0.460. The highest BCUT2D eigenvalue weighted by Gasteiger charge is 2.10. The summed E-state index contributed by atoms with van der Waals surface area (Å²) in [4.78, 5) is 0. The van der Waals surface area contributed by atoms with Gasteiger partial charge in [0, 0.05) is 23.7 Å². The quantitative estimate of drug-likeness (QED) is 0.918. The van der Waals surface area contributed by atoms with Gasteiger partial charge in [0.1, 0.15) is 23.9 Å². The second-order valence-corrected chi connectivity index (χ2v) is 4.59.